The molecule has 0 spiro atoms. The van der Waals surface area contributed by atoms with Gasteiger partial charge >= 0.3 is 0 Å². The van der Waals surface area contributed by atoms with Crippen LogP contribution in [0.4, 0.5) is 0 Å². The average molecular weight is 201 g/mol. The van der Waals surface area contributed by atoms with E-state index in [1.165, 1.54) is 19.3 Å². The Labute approximate surface area is 84.7 Å². The highest BCUT2D eigenvalue weighted by atomic mass is 16.5. The fourth-order valence-corrected chi connectivity index (χ4v) is 1.05. The number of ether oxygens (including phenoxy) is 1. The highest BCUT2D eigenvalue weighted by Gasteiger charge is 2.03. The number of azide groups is 1. The molecule has 5 heteroatoms. The van der Waals surface area contributed by atoms with E-state index < -0.39 is 6.04 Å². The first kappa shape index (κ1) is 13.2. The Morgan fingerprint density at radius 2 is 2.21 bits per heavy atom. The minimum absolute atomic E-state index is 0.154. The van der Waals surface area contributed by atoms with Gasteiger partial charge in [0.05, 0.1) is 19.3 Å². The lowest BCUT2D eigenvalue weighted by molar-refractivity contribution is 0.0982. The molecule has 0 radical (unpaired) electrons. The van der Waals surface area contributed by atoms with E-state index in [2.05, 4.69) is 16.9 Å². The van der Waals surface area contributed by atoms with Gasteiger partial charge in [0.1, 0.15) is 0 Å². The Kier molecular flexibility index (Phi) is 9.74. The Hall–Kier alpha value is -0.770. The van der Waals surface area contributed by atoms with E-state index in [4.69, 9.17) is 15.4 Å². The second-order valence-corrected chi connectivity index (χ2v) is 3.18. The molecule has 0 saturated heterocycles. The van der Waals surface area contributed by atoms with Gasteiger partial charge in [0.25, 0.3) is 0 Å². The summed E-state index contributed by atoms with van der Waals surface area (Å²) >= 11 is 0. The van der Waals surface area contributed by atoms with Crippen molar-refractivity contribution in [3.05, 3.63) is 10.4 Å². The average Bonchev–Trinajstić information content (AvgIpc) is 2.21. The van der Waals surface area contributed by atoms with Gasteiger partial charge in [0.2, 0.25) is 0 Å². The Morgan fingerprint density at radius 1 is 1.43 bits per heavy atom. The van der Waals surface area contributed by atoms with Crippen molar-refractivity contribution in [1.82, 2.24) is 0 Å². The summed E-state index contributed by atoms with van der Waals surface area (Å²) in [6.07, 6.45) is 4.63. The molecule has 1 N–H and O–H groups in total. The van der Waals surface area contributed by atoms with Crippen LogP contribution in [0.1, 0.15) is 32.6 Å². The molecule has 0 saturated carbocycles. The van der Waals surface area contributed by atoms with Crippen molar-refractivity contribution < 1.29 is 9.84 Å². The summed E-state index contributed by atoms with van der Waals surface area (Å²) in [5, 5.41) is 12.1. The highest BCUT2D eigenvalue weighted by Crippen LogP contribution is 2.00. The van der Waals surface area contributed by atoms with Crippen LogP contribution in [-0.2, 0) is 4.74 Å². The number of unbranched alkanes of at least 4 members (excludes halogenated alkanes) is 3. The summed E-state index contributed by atoms with van der Waals surface area (Å²) in [6.45, 7) is 2.99. The molecule has 0 aromatic heterocycles. The molecule has 0 unspecified atom stereocenters. The van der Waals surface area contributed by atoms with Crippen LogP contribution in [0.5, 0.6) is 0 Å². The first-order valence-corrected chi connectivity index (χ1v) is 5.08. The largest absolute Gasteiger partial charge is 0.396 e. The fraction of sp³-hybridized carbons (Fsp3) is 1.00. The predicted molar refractivity (Wildman–Crippen MR) is 55.0 cm³/mol. The van der Waals surface area contributed by atoms with Gasteiger partial charge in [-0.05, 0) is 12.0 Å². The molecule has 0 aromatic carbocycles. The van der Waals surface area contributed by atoms with Crippen LogP contribution in [0.3, 0.4) is 0 Å². The van der Waals surface area contributed by atoms with Crippen LogP contribution in [0.15, 0.2) is 5.11 Å². The molecule has 1 atom stereocenters. The van der Waals surface area contributed by atoms with Gasteiger partial charge < -0.3 is 9.84 Å². The SMILES string of the molecule is CCCCCCOC[C@H](CO)N=[N+]=[N-]. The monoisotopic (exact) mass is 201 g/mol. The number of aliphatic hydroxyl groups is 1. The molecule has 0 aliphatic heterocycles. The van der Waals surface area contributed by atoms with Crippen LogP contribution in [0.2, 0.25) is 0 Å². The molecule has 0 rings (SSSR count). The Morgan fingerprint density at radius 3 is 2.79 bits per heavy atom. The minimum Gasteiger partial charge on any atom is -0.396 e. The first-order valence-electron chi connectivity index (χ1n) is 5.08. The highest BCUT2D eigenvalue weighted by molar-refractivity contribution is 4.63. The van der Waals surface area contributed by atoms with Crippen LogP contribution in [-0.4, -0.2) is 31.0 Å². The smallest absolute Gasteiger partial charge is 0.0838 e. The summed E-state index contributed by atoms with van der Waals surface area (Å²) in [6, 6.07) is -0.439. The van der Waals surface area contributed by atoms with E-state index in [0.29, 0.717) is 13.2 Å². The predicted octanol–water partition coefficient (Wildman–Crippen LogP) is 2.25. The maximum Gasteiger partial charge on any atom is 0.0838 e. The summed E-state index contributed by atoms with van der Waals surface area (Å²) in [5.74, 6) is 0. The van der Waals surface area contributed by atoms with Crippen molar-refractivity contribution in [1.29, 1.82) is 0 Å². The number of hydrogen-bond acceptors (Lipinski definition) is 3. The van der Waals surface area contributed by atoms with Gasteiger partial charge in [-0.3, -0.25) is 0 Å². The summed E-state index contributed by atoms with van der Waals surface area (Å²) in [7, 11) is 0. The van der Waals surface area contributed by atoms with Crippen LogP contribution in [0, 0.1) is 0 Å². The third-order valence-corrected chi connectivity index (χ3v) is 1.88. The molecule has 14 heavy (non-hydrogen) atoms. The summed E-state index contributed by atoms with van der Waals surface area (Å²) < 4.78 is 5.26. The van der Waals surface area contributed by atoms with Gasteiger partial charge in [-0.2, -0.15) is 0 Å². The van der Waals surface area contributed by atoms with Crippen LogP contribution >= 0.6 is 0 Å². The molecule has 0 aliphatic carbocycles. The van der Waals surface area contributed by atoms with E-state index >= 15 is 0 Å². The van der Waals surface area contributed by atoms with Crippen molar-refractivity contribution in [2.24, 2.45) is 5.11 Å². The third-order valence-electron chi connectivity index (χ3n) is 1.88. The molecule has 0 fully saturated rings. The Bertz CT molecular complexity index is 169. The second kappa shape index (κ2) is 10.3. The molecular weight excluding hydrogens is 182 g/mol. The van der Waals surface area contributed by atoms with Gasteiger partial charge in [0, 0.05) is 11.5 Å². The minimum atomic E-state index is -0.439. The van der Waals surface area contributed by atoms with E-state index in [1.807, 2.05) is 0 Å². The van der Waals surface area contributed by atoms with E-state index in [1.54, 1.807) is 0 Å². The maximum absolute atomic E-state index is 8.75. The van der Waals surface area contributed by atoms with Gasteiger partial charge in [-0.25, -0.2) is 0 Å². The number of nitrogens with zero attached hydrogens (tertiary/aromatic N) is 3. The topological polar surface area (TPSA) is 78.2 Å². The maximum atomic E-state index is 8.75. The molecule has 82 valence electrons. The summed E-state index contributed by atoms with van der Waals surface area (Å²) in [4.78, 5) is 2.62. The first-order chi connectivity index (χ1) is 6.85. The van der Waals surface area contributed by atoms with Gasteiger partial charge in [-0.1, -0.05) is 31.3 Å². The lowest BCUT2D eigenvalue weighted by Crippen LogP contribution is -2.17. The lowest BCUT2D eigenvalue weighted by Gasteiger charge is -2.08. The zero-order chi connectivity index (χ0) is 10.6. The number of hydrogen-bond donors (Lipinski definition) is 1. The van der Waals surface area contributed by atoms with Crippen LogP contribution in [0.25, 0.3) is 10.4 Å². The van der Waals surface area contributed by atoms with Crippen molar-refractivity contribution >= 4 is 0 Å². The standard InChI is InChI=1S/C9H19N3O2/c1-2-3-4-5-6-14-8-9(7-13)11-12-10/h9,13H,2-8H2,1H3/t9-/m0/s1. The van der Waals surface area contributed by atoms with Crippen LogP contribution < -0.4 is 0 Å². The zero-order valence-electron chi connectivity index (χ0n) is 8.72. The van der Waals surface area contributed by atoms with Crippen molar-refractivity contribution in [2.45, 2.75) is 38.6 Å². The van der Waals surface area contributed by atoms with E-state index in [-0.39, 0.29) is 6.61 Å². The van der Waals surface area contributed by atoms with E-state index in [9.17, 15) is 0 Å². The van der Waals surface area contributed by atoms with Crippen molar-refractivity contribution in [2.75, 3.05) is 19.8 Å². The second-order valence-electron chi connectivity index (χ2n) is 3.18. The molecule has 0 aromatic rings. The van der Waals surface area contributed by atoms with Crippen molar-refractivity contribution in [3.8, 4) is 0 Å². The fourth-order valence-electron chi connectivity index (χ4n) is 1.05. The normalized spacial score (nSPS) is 12.1. The summed E-state index contributed by atoms with van der Waals surface area (Å²) in [5.41, 5.74) is 8.13. The quantitative estimate of drug-likeness (QED) is 0.269. The number of aliphatic hydroxyl groups excluding tert-OH is 1. The molecule has 5 nitrogen and oxygen atoms in total. The lowest BCUT2D eigenvalue weighted by atomic mass is 10.2. The van der Waals surface area contributed by atoms with Gasteiger partial charge in [-0.15, -0.1) is 0 Å². The third kappa shape index (κ3) is 7.86. The van der Waals surface area contributed by atoms with Gasteiger partial charge in [0.15, 0.2) is 0 Å². The van der Waals surface area contributed by atoms with E-state index in [0.717, 1.165) is 6.42 Å². The molecule has 0 amide bonds. The number of rotatable bonds is 9. The molecular formula is C9H19N3O2. The molecule has 0 heterocycles. The molecule has 0 bridgehead atoms. The molecule has 0 aliphatic rings. The van der Waals surface area contributed by atoms with Crippen molar-refractivity contribution in [3.63, 3.8) is 0 Å². The Balaban J connectivity index is 3.28. The zero-order valence-corrected chi connectivity index (χ0v) is 8.72.